The van der Waals surface area contributed by atoms with Gasteiger partial charge in [-0.15, -0.1) is 11.3 Å². The zero-order valence-electron chi connectivity index (χ0n) is 8.17. The van der Waals surface area contributed by atoms with E-state index < -0.39 is 0 Å². The summed E-state index contributed by atoms with van der Waals surface area (Å²) in [5.74, 6) is 0.0979. The van der Waals surface area contributed by atoms with Crippen molar-refractivity contribution in [3.63, 3.8) is 0 Å². The molecule has 1 aliphatic heterocycles. The SMILES string of the molecule is CCc1ccc(C2NCCNC2=O)s1. The molecule has 2 rings (SSSR count). The molecule has 4 heteroatoms. The molecule has 0 bridgehead atoms. The van der Waals surface area contributed by atoms with Crippen LogP contribution in [0.3, 0.4) is 0 Å². The minimum Gasteiger partial charge on any atom is -0.353 e. The van der Waals surface area contributed by atoms with E-state index in [2.05, 4.69) is 23.6 Å². The summed E-state index contributed by atoms with van der Waals surface area (Å²) >= 11 is 1.72. The molecule has 1 aromatic rings. The number of carbonyl (C=O) groups is 1. The Hall–Kier alpha value is -0.870. The lowest BCUT2D eigenvalue weighted by molar-refractivity contribution is -0.124. The van der Waals surface area contributed by atoms with Gasteiger partial charge in [-0.2, -0.15) is 0 Å². The van der Waals surface area contributed by atoms with E-state index in [1.165, 1.54) is 4.88 Å². The van der Waals surface area contributed by atoms with E-state index in [9.17, 15) is 4.79 Å². The lowest BCUT2D eigenvalue weighted by Crippen LogP contribution is -2.46. The molecule has 2 N–H and O–H groups in total. The highest BCUT2D eigenvalue weighted by Gasteiger charge is 2.24. The Labute approximate surface area is 87.5 Å². The molecule has 1 aliphatic rings. The predicted molar refractivity (Wildman–Crippen MR) is 57.5 cm³/mol. The van der Waals surface area contributed by atoms with E-state index in [-0.39, 0.29) is 11.9 Å². The van der Waals surface area contributed by atoms with E-state index in [1.807, 2.05) is 6.07 Å². The molecule has 1 saturated heterocycles. The third kappa shape index (κ3) is 1.81. The van der Waals surface area contributed by atoms with E-state index in [4.69, 9.17) is 0 Å². The van der Waals surface area contributed by atoms with Crippen molar-refractivity contribution in [3.8, 4) is 0 Å². The molecule has 1 unspecified atom stereocenters. The van der Waals surface area contributed by atoms with Crippen molar-refractivity contribution < 1.29 is 4.79 Å². The van der Waals surface area contributed by atoms with Crippen LogP contribution < -0.4 is 10.6 Å². The minimum absolute atomic E-state index is 0.0979. The van der Waals surface area contributed by atoms with Gasteiger partial charge in [-0.1, -0.05) is 6.92 Å². The van der Waals surface area contributed by atoms with Crippen LogP contribution in [0, 0.1) is 0 Å². The Bertz CT molecular complexity index is 335. The van der Waals surface area contributed by atoms with Gasteiger partial charge in [0.15, 0.2) is 0 Å². The summed E-state index contributed by atoms with van der Waals surface area (Å²) < 4.78 is 0. The Morgan fingerprint density at radius 3 is 3.00 bits per heavy atom. The molecule has 0 saturated carbocycles. The van der Waals surface area contributed by atoms with Crippen molar-refractivity contribution in [2.45, 2.75) is 19.4 Å². The second-order valence-corrected chi connectivity index (χ2v) is 4.54. The molecule has 2 heterocycles. The smallest absolute Gasteiger partial charge is 0.242 e. The number of aryl methyl sites for hydroxylation is 1. The fraction of sp³-hybridized carbons (Fsp3) is 0.500. The maximum Gasteiger partial charge on any atom is 0.242 e. The largest absolute Gasteiger partial charge is 0.353 e. The Morgan fingerprint density at radius 1 is 1.50 bits per heavy atom. The third-order valence-electron chi connectivity index (χ3n) is 2.35. The van der Waals surface area contributed by atoms with Crippen LogP contribution in [0.15, 0.2) is 12.1 Å². The second-order valence-electron chi connectivity index (χ2n) is 3.34. The van der Waals surface area contributed by atoms with Gasteiger partial charge in [0.2, 0.25) is 5.91 Å². The molecule has 1 fully saturated rings. The Balaban J connectivity index is 2.16. The van der Waals surface area contributed by atoms with E-state index in [0.717, 1.165) is 24.4 Å². The first-order chi connectivity index (χ1) is 6.81. The van der Waals surface area contributed by atoms with Crippen LogP contribution in [0.4, 0.5) is 0 Å². The number of rotatable bonds is 2. The zero-order valence-corrected chi connectivity index (χ0v) is 8.99. The number of nitrogens with one attached hydrogen (secondary N) is 2. The number of thiophene rings is 1. The zero-order chi connectivity index (χ0) is 9.97. The first-order valence-corrected chi connectivity index (χ1v) is 5.72. The monoisotopic (exact) mass is 210 g/mol. The number of hydrogen-bond acceptors (Lipinski definition) is 3. The topological polar surface area (TPSA) is 41.1 Å². The molecule has 14 heavy (non-hydrogen) atoms. The lowest BCUT2D eigenvalue weighted by atomic mass is 10.2. The van der Waals surface area contributed by atoms with Gasteiger partial charge in [0.25, 0.3) is 0 Å². The number of hydrogen-bond donors (Lipinski definition) is 2. The van der Waals surface area contributed by atoms with Gasteiger partial charge in [-0.3, -0.25) is 10.1 Å². The van der Waals surface area contributed by atoms with Crippen molar-refractivity contribution in [3.05, 3.63) is 21.9 Å². The van der Waals surface area contributed by atoms with Gasteiger partial charge in [0.05, 0.1) is 0 Å². The summed E-state index contributed by atoms with van der Waals surface area (Å²) in [6.45, 7) is 3.72. The number of piperazine rings is 1. The number of amides is 1. The van der Waals surface area contributed by atoms with Crippen LogP contribution in [-0.4, -0.2) is 19.0 Å². The molecule has 0 aliphatic carbocycles. The van der Waals surface area contributed by atoms with Crippen LogP contribution in [0.1, 0.15) is 22.7 Å². The first-order valence-electron chi connectivity index (χ1n) is 4.91. The number of carbonyl (C=O) groups excluding carboxylic acids is 1. The van der Waals surface area contributed by atoms with Crippen LogP contribution in [0.5, 0.6) is 0 Å². The molecule has 1 aromatic heterocycles. The average molecular weight is 210 g/mol. The van der Waals surface area contributed by atoms with Crippen molar-refractivity contribution in [1.82, 2.24) is 10.6 Å². The van der Waals surface area contributed by atoms with Crippen LogP contribution in [-0.2, 0) is 11.2 Å². The lowest BCUT2D eigenvalue weighted by Gasteiger charge is -2.22. The predicted octanol–water partition coefficient (Wildman–Crippen LogP) is 1.07. The van der Waals surface area contributed by atoms with E-state index >= 15 is 0 Å². The molecular weight excluding hydrogens is 196 g/mol. The maximum absolute atomic E-state index is 11.5. The summed E-state index contributed by atoms with van der Waals surface area (Å²) in [6, 6.07) is 4.02. The average Bonchev–Trinajstić information content (AvgIpc) is 2.67. The van der Waals surface area contributed by atoms with Crippen molar-refractivity contribution >= 4 is 17.2 Å². The fourth-order valence-electron chi connectivity index (χ4n) is 1.57. The van der Waals surface area contributed by atoms with Crippen LogP contribution in [0.2, 0.25) is 0 Å². The van der Waals surface area contributed by atoms with E-state index in [1.54, 1.807) is 11.3 Å². The summed E-state index contributed by atoms with van der Waals surface area (Å²) in [5, 5.41) is 6.08. The standard InChI is InChI=1S/C10H14N2OS/c1-2-7-3-4-8(14-7)9-10(13)12-6-5-11-9/h3-4,9,11H,2,5-6H2,1H3,(H,12,13). The highest BCUT2D eigenvalue weighted by atomic mass is 32.1. The van der Waals surface area contributed by atoms with Gasteiger partial charge in [0.1, 0.15) is 6.04 Å². The Morgan fingerprint density at radius 2 is 2.36 bits per heavy atom. The first kappa shape index (κ1) is 9.68. The summed E-state index contributed by atoms with van der Waals surface area (Å²) in [4.78, 5) is 14.0. The van der Waals surface area contributed by atoms with Crippen molar-refractivity contribution in [2.75, 3.05) is 13.1 Å². The van der Waals surface area contributed by atoms with Gasteiger partial charge >= 0.3 is 0 Å². The molecule has 1 amide bonds. The van der Waals surface area contributed by atoms with Crippen LogP contribution in [0.25, 0.3) is 0 Å². The molecular formula is C10H14N2OS. The highest BCUT2D eigenvalue weighted by molar-refractivity contribution is 7.12. The van der Waals surface area contributed by atoms with Gasteiger partial charge < -0.3 is 5.32 Å². The highest BCUT2D eigenvalue weighted by Crippen LogP contribution is 2.24. The van der Waals surface area contributed by atoms with Gasteiger partial charge in [0, 0.05) is 22.8 Å². The molecule has 0 radical (unpaired) electrons. The summed E-state index contributed by atoms with van der Waals surface area (Å²) in [7, 11) is 0. The molecule has 0 aromatic carbocycles. The van der Waals surface area contributed by atoms with Crippen molar-refractivity contribution in [1.29, 1.82) is 0 Å². The van der Waals surface area contributed by atoms with E-state index in [0.29, 0.717) is 0 Å². The Kier molecular flexibility index (Phi) is 2.84. The normalized spacial score (nSPS) is 22.1. The fourth-order valence-corrected chi connectivity index (χ4v) is 2.59. The second kappa shape index (κ2) is 4.11. The summed E-state index contributed by atoms with van der Waals surface area (Å²) in [6.07, 6.45) is 1.04. The third-order valence-corrected chi connectivity index (χ3v) is 3.64. The molecule has 76 valence electrons. The van der Waals surface area contributed by atoms with Gasteiger partial charge in [-0.25, -0.2) is 0 Å². The maximum atomic E-state index is 11.5. The molecule has 1 atom stereocenters. The van der Waals surface area contributed by atoms with Crippen LogP contribution >= 0.6 is 11.3 Å². The summed E-state index contributed by atoms with van der Waals surface area (Å²) in [5.41, 5.74) is 0. The van der Waals surface area contributed by atoms with Gasteiger partial charge in [-0.05, 0) is 18.6 Å². The minimum atomic E-state index is -0.131. The quantitative estimate of drug-likeness (QED) is 0.766. The van der Waals surface area contributed by atoms with Crippen molar-refractivity contribution in [2.24, 2.45) is 0 Å². The molecule has 0 spiro atoms. The molecule has 3 nitrogen and oxygen atoms in total.